The van der Waals surface area contributed by atoms with Crippen molar-refractivity contribution in [3.05, 3.63) is 11.9 Å². The molecule has 3 rings (SSSR count). The van der Waals surface area contributed by atoms with E-state index in [9.17, 15) is 0 Å². The molecule has 0 saturated heterocycles. The Morgan fingerprint density at radius 2 is 2.11 bits per heavy atom. The third kappa shape index (κ3) is 2.71. The monoisotopic (exact) mass is 264 g/mol. The lowest BCUT2D eigenvalue weighted by Gasteiger charge is -2.14. The maximum absolute atomic E-state index is 5.86. The van der Waals surface area contributed by atoms with Gasteiger partial charge in [0.15, 0.2) is 0 Å². The molecule has 0 amide bonds. The molecule has 2 saturated carbocycles. The molecule has 2 atom stereocenters. The molecular weight excluding hydrogens is 244 g/mol. The molecule has 0 aromatic carbocycles. The summed E-state index contributed by atoms with van der Waals surface area (Å²) in [6.07, 6.45) is 8.37. The van der Waals surface area contributed by atoms with Gasteiger partial charge < -0.3 is 11.1 Å². The molecule has 1 aromatic heterocycles. The summed E-state index contributed by atoms with van der Waals surface area (Å²) < 4.78 is 0. The minimum absolute atomic E-state index is 0.545. The maximum Gasteiger partial charge on any atom is 0.136 e. The third-order valence-corrected chi connectivity index (χ3v) is 4.87. The van der Waals surface area contributed by atoms with E-state index < -0.39 is 0 Å². The topological polar surface area (TPSA) is 63.8 Å². The van der Waals surface area contributed by atoms with Crippen molar-refractivity contribution in [1.82, 2.24) is 9.97 Å². The average molecular weight is 264 g/mol. The van der Waals surface area contributed by atoms with Crippen LogP contribution in [0.15, 0.2) is 6.07 Å². The van der Waals surface area contributed by atoms with Crippen LogP contribution in [0.2, 0.25) is 0 Å². The number of hydrogen-bond donors (Lipinski definition) is 2. The first kappa shape index (κ1) is 12.1. The molecule has 2 fully saturated rings. The van der Waals surface area contributed by atoms with Crippen molar-refractivity contribution < 1.29 is 0 Å². The highest BCUT2D eigenvalue weighted by Gasteiger charge is 2.28. The van der Waals surface area contributed by atoms with Gasteiger partial charge in [-0.1, -0.05) is 0 Å². The Morgan fingerprint density at radius 3 is 2.78 bits per heavy atom. The lowest BCUT2D eigenvalue weighted by molar-refractivity contribution is 0.748. The normalized spacial score (nSPS) is 27.4. The molecule has 18 heavy (non-hydrogen) atoms. The zero-order valence-electron chi connectivity index (χ0n) is 10.7. The van der Waals surface area contributed by atoms with Crippen LogP contribution >= 0.6 is 11.8 Å². The minimum Gasteiger partial charge on any atom is -0.384 e. The van der Waals surface area contributed by atoms with E-state index in [0.29, 0.717) is 17.8 Å². The Hall–Kier alpha value is -0.970. The summed E-state index contributed by atoms with van der Waals surface area (Å²) in [4.78, 5) is 8.93. The number of nitrogens with zero attached hydrogens (tertiary/aromatic N) is 2. The number of nitrogens with two attached hydrogens (primary N) is 1. The molecule has 2 aliphatic carbocycles. The zero-order chi connectivity index (χ0) is 12.5. The Kier molecular flexibility index (Phi) is 3.33. The van der Waals surface area contributed by atoms with Gasteiger partial charge in [-0.25, -0.2) is 9.97 Å². The predicted molar refractivity (Wildman–Crippen MR) is 77.0 cm³/mol. The molecule has 2 unspecified atom stereocenters. The van der Waals surface area contributed by atoms with Gasteiger partial charge in [0, 0.05) is 23.3 Å². The predicted octanol–water partition coefficient (Wildman–Crippen LogP) is 2.63. The van der Waals surface area contributed by atoms with Gasteiger partial charge in [0.2, 0.25) is 0 Å². The number of anilines is 2. The van der Waals surface area contributed by atoms with Crippen molar-refractivity contribution in [2.45, 2.75) is 49.3 Å². The van der Waals surface area contributed by atoms with E-state index in [0.717, 1.165) is 16.9 Å². The summed E-state index contributed by atoms with van der Waals surface area (Å²) >= 11 is 1.97. The summed E-state index contributed by atoms with van der Waals surface area (Å²) in [5.74, 6) is 2.98. The first-order chi connectivity index (χ1) is 8.74. The fourth-order valence-electron chi connectivity index (χ4n) is 2.58. The molecule has 1 aromatic rings. The molecule has 0 bridgehead atoms. The summed E-state index contributed by atoms with van der Waals surface area (Å²) in [5, 5.41) is 4.32. The highest BCUT2D eigenvalue weighted by molar-refractivity contribution is 7.99. The highest BCUT2D eigenvalue weighted by Crippen LogP contribution is 2.39. The summed E-state index contributed by atoms with van der Waals surface area (Å²) in [7, 11) is 0. The molecule has 5 heteroatoms. The van der Waals surface area contributed by atoms with Crippen LogP contribution in [-0.2, 0) is 0 Å². The fraction of sp³-hybridized carbons (Fsp3) is 0.692. The van der Waals surface area contributed by atoms with Crippen LogP contribution in [0.3, 0.4) is 0 Å². The summed E-state index contributed by atoms with van der Waals surface area (Å²) in [6.45, 7) is 0. The van der Waals surface area contributed by atoms with Crippen molar-refractivity contribution in [2.75, 3.05) is 17.3 Å². The van der Waals surface area contributed by atoms with Gasteiger partial charge in [-0.2, -0.15) is 11.8 Å². The molecule has 0 aliphatic heterocycles. The molecule has 4 nitrogen and oxygen atoms in total. The molecular formula is C13H20N4S. The van der Waals surface area contributed by atoms with E-state index in [1.807, 2.05) is 17.8 Å². The van der Waals surface area contributed by atoms with Gasteiger partial charge in [-0.15, -0.1) is 0 Å². The standard InChI is InChI=1S/C13H20N4S/c1-18-10-5-4-9(6-10)15-12-7-11(14)16-13(17-12)8-2-3-8/h7-10H,2-6H2,1H3,(H3,14,15,16,17). The Bertz CT molecular complexity index is 433. The van der Waals surface area contributed by atoms with E-state index in [2.05, 4.69) is 21.5 Å². The van der Waals surface area contributed by atoms with Gasteiger partial charge in [0.05, 0.1) is 0 Å². The number of rotatable bonds is 4. The van der Waals surface area contributed by atoms with Crippen LogP contribution in [0.25, 0.3) is 0 Å². The van der Waals surface area contributed by atoms with Gasteiger partial charge in [-0.3, -0.25) is 0 Å². The van der Waals surface area contributed by atoms with E-state index in [-0.39, 0.29) is 0 Å². The Morgan fingerprint density at radius 1 is 1.28 bits per heavy atom. The van der Waals surface area contributed by atoms with E-state index in [4.69, 9.17) is 5.73 Å². The molecule has 0 radical (unpaired) electrons. The average Bonchev–Trinajstić information content (AvgIpc) is 3.10. The van der Waals surface area contributed by atoms with Crippen molar-refractivity contribution in [1.29, 1.82) is 0 Å². The van der Waals surface area contributed by atoms with Crippen LogP contribution in [0.1, 0.15) is 43.8 Å². The van der Waals surface area contributed by atoms with Crippen LogP contribution in [0.5, 0.6) is 0 Å². The highest BCUT2D eigenvalue weighted by atomic mass is 32.2. The van der Waals surface area contributed by atoms with Crippen LogP contribution in [0, 0.1) is 0 Å². The lowest BCUT2D eigenvalue weighted by atomic mass is 10.2. The third-order valence-electron chi connectivity index (χ3n) is 3.78. The number of thioether (sulfide) groups is 1. The van der Waals surface area contributed by atoms with E-state index in [1.165, 1.54) is 32.1 Å². The largest absolute Gasteiger partial charge is 0.384 e. The molecule has 3 N–H and O–H groups in total. The molecule has 1 heterocycles. The Balaban J connectivity index is 1.68. The van der Waals surface area contributed by atoms with Gasteiger partial charge in [0.1, 0.15) is 17.5 Å². The number of nitrogens with one attached hydrogen (secondary N) is 1. The van der Waals surface area contributed by atoms with Crippen molar-refractivity contribution in [3.8, 4) is 0 Å². The zero-order valence-corrected chi connectivity index (χ0v) is 11.5. The van der Waals surface area contributed by atoms with Gasteiger partial charge >= 0.3 is 0 Å². The first-order valence-corrected chi connectivity index (χ1v) is 7.97. The summed E-state index contributed by atoms with van der Waals surface area (Å²) in [6, 6.07) is 2.40. The first-order valence-electron chi connectivity index (χ1n) is 6.68. The second-order valence-corrected chi connectivity index (χ2v) is 6.46. The number of hydrogen-bond acceptors (Lipinski definition) is 5. The fourth-order valence-corrected chi connectivity index (χ4v) is 3.37. The second kappa shape index (κ2) is 4.96. The van der Waals surface area contributed by atoms with Crippen molar-refractivity contribution >= 4 is 23.4 Å². The van der Waals surface area contributed by atoms with Crippen molar-refractivity contribution in [3.63, 3.8) is 0 Å². The molecule has 98 valence electrons. The van der Waals surface area contributed by atoms with Gasteiger partial charge in [0.25, 0.3) is 0 Å². The van der Waals surface area contributed by atoms with Crippen molar-refractivity contribution in [2.24, 2.45) is 0 Å². The van der Waals surface area contributed by atoms with Crippen LogP contribution < -0.4 is 11.1 Å². The number of nitrogen functional groups attached to an aromatic ring is 1. The quantitative estimate of drug-likeness (QED) is 0.875. The molecule has 0 spiro atoms. The molecule has 2 aliphatic rings. The Labute approximate surface area is 112 Å². The van der Waals surface area contributed by atoms with Crippen LogP contribution in [0.4, 0.5) is 11.6 Å². The van der Waals surface area contributed by atoms with Crippen LogP contribution in [-0.4, -0.2) is 27.5 Å². The summed E-state index contributed by atoms with van der Waals surface area (Å²) in [5.41, 5.74) is 5.86. The van der Waals surface area contributed by atoms with Gasteiger partial charge in [-0.05, 0) is 38.4 Å². The minimum atomic E-state index is 0.545. The second-order valence-electron chi connectivity index (χ2n) is 5.32. The van der Waals surface area contributed by atoms with E-state index >= 15 is 0 Å². The van der Waals surface area contributed by atoms with E-state index in [1.54, 1.807) is 0 Å². The maximum atomic E-state index is 5.86. The lowest BCUT2D eigenvalue weighted by Crippen LogP contribution is -2.17. The SMILES string of the molecule is CSC1CCC(Nc2cc(N)nc(C3CC3)n2)C1. The number of aromatic nitrogens is 2. The smallest absolute Gasteiger partial charge is 0.136 e.